The van der Waals surface area contributed by atoms with Crippen LogP contribution in [0.15, 0.2) is 37.1 Å². The molecule has 0 aromatic carbocycles. The fourth-order valence-corrected chi connectivity index (χ4v) is 5.03. The molecule has 0 atom stereocenters. The van der Waals surface area contributed by atoms with Gasteiger partial charge in [0.25, 0.3) is 0 Å². The highest BCUT2D eigenvalue weighted by atomic mass is 28.3. The summed E-state index contributed by atoms with van der Waals surface area (Å²) in [5, 5.41) is 13.9. The number of nitrogens with zero attached hydrogens (tertiary/aromatic N) is 5. The second-order valence-electron chi connectivity index (χ2n) is 9.71. The van der Waals surface area contributed by atoms with E-state index in [0.717, 1.165) is 60.9 Å². The molecule has 0 bridgehead atoms. The third-order valence-corrected chi connectivity index (χ3v) is 7.94. The normalized spacial score (nSPS) is 16.5. The molecular weight excluding hydrogens is 404 g/mol. The molecule has 3 aromatic heterocycles. The summed E-state index contributed by atoms with van der Waals surface area (Å²) in [6.45, 7) is 10.2. The van der Waals surface area contributed by atoms with Crippen molar-refractivity contribution in [2.75, 3.05) is 19.7 Å². The molecule has 0 aliphatic carbocycles. The molecular formula is C23H32N6OSi. The van der Waals surface area contributed by atoms with Crippen LogP contribution in [-0.4, -0.2) is 46.9 Å². The van der Waals surface area contributed by atoms with E-state index in [4.69, 9.17) is 4.74 Å². The second kappa shape index (κ2) is 8.95. The van der Waals surface area contributed by atoms with Gasteiger partial charge in [-0.3, -0.25) is 0 Å². The topological polar surface area (TPSA) is 80.7 Å². The molecule has 31 heavy (non-hydrogen) atoms. The van der Waals surface area contributed by atoms with Crippen LogP contribution in [0.25, 0.3) is 22.3 Å². The zero-order valence-corrected chi connectivity index (χ0v) is 19.8. The quantitative estimate of drug-likeness (QED) is 0.423. The first kappa shape index (κ1) is 21.7. The molecule has 164 valence electrons. The maximum absolute atomic E-state index is 9.43. The minimum absolute atomic E-state index is 0.138. The highest BCUT2D eigenvalue weighted by Crippen LogP contribution is 2.34. The molecule has 0 saturated carbocycles. The van der Waals surface area contributed by atoms with Gasteiger partial charge in [-0.2, -0.15) is 5.26 Å². The van der Waals surface area contributed by atoms with E-state index in [1.165, 1.54) is 0 Å². The van der Waals surface area contributed by atoms with Crippen molar-refractivity contribution < 1.29 is 4.74 Å². The molecule has 8 heteroatoms. The number of hydrogen-bond acceptors (Lipinski definition) is 5. The Labute approximate surface area is 185 Å². The van der Waals surface area contributed by atoms with Crippen molar-refractivity contribution in [1.82, 2.24) is 24.4 Å². The lowest BCUT2D eigenvalue weighted by atomic mass is 9.85. The van der Waals surface area contributed by atoms with Gasteiger partial charge in [0.05, 0.1) is 23.7 Å². The van der Waals surface area contributed by atoms with Gasteiger partial charge >= 0.3 is 0 Å². The summed E-state index contributed by atoms with van der Waals surface area (Å²) in [6, 6.07) is 7.73. The smallest absolute Gasteiger partial charge is 0.145 e. The van der Waals surface area contributed by atoms with Gasteiger partial charge in [-0.15, -0.1) is 0 Å². The number of piperidine rings is 1. The van der Waals surface area contributed by atoms with Crippen LogP contribution in [0, 0.1) is 11.3 Å². The van der Waals surface area contributed by atoms with Gasteiger partial charge in [-0.25, -0.2) is 9.97 Å². The molecule has 1 aliphatic heterocycles. The Hall–Kier alpha value is -2.47. The monoisotopic (exact) mass is 436 g/mol. The maximum atomic E-state index is 9.43. The van der Waals surface area contributed by atoms with Crippen LogP contribution in [0.5, 0.6) is 0 Å². The molecule has 1 saturated heterocycles. The summed E-state index contributed by atoms with van der Waals surface area (Å²) >= 11 is 0. The van der Waals surface area contributed by atoms with Crippen LogP contribution >= 0.6 is 0 Å². The molecule has 4 rings (SSSR count). The van der Waals surface area contributed by atoms with Crippen LogP contribution in [0.4, 0.5) is 0 Å². The third kappa shape index (κ3) is 4.74. The van der Waals surface area contributed by atoms with Crippen molar-refractivity contribution in [3.8, 4) is 17.3 Å². The summed E-state index contributed by atoms with van der Waals surface area (Å²) in [4.78, 5) is 9.11. The van der Waals surface area contributed by atoms with Gasteiger partial charge in [0.15, 0.2) is 0 Å². The van der Waals surface area contributed by atoms with Crippen LogP contribution in [-0.2, 0) is 17.0 Å². The lowest BCUT2D eigenvalue weighted by molar-refractivity contribution is 0.0899. The fourth-order valence-electron chi connectivity index (χ4n) is 4.28. The predicted molar refractivity (Wildman–Crippen MR) is 125 cm³/mol. The number of ether oxygens (including phenoxy) is 1. The second-order valence-corrected chi connectivity index (χ2v) is 15.3. The van der Waals surface area contributed by atoms with E-state index in [2.05, 4.69) is 70.1 Å². The van der Waals surface area contributed by atoms with E-state index < -0.39 is 8.07 Å². The van der Waals surface area contributed by atoms with Gasteiger partial charge in [0.1, 0.15) is 18.7 Å². The van der Waals surface area contributed by atoms with Crippen molar-refractivity contribution in [2.45, 2.75) is 57.2 Å². The Morgan fingerprint density at radius 3 is 2.74 bits per heavy atom. The Balaban J connectivity index is 1.57. The first-order valence-electron chi connectivity index (χ1n) is 11.1. The Bertz CT molecular complexity index is 1070. The number of aromatic nitrogens is 4. The van der Waals surface area contributed by atoms with Gasteiger partial charge in [-0.05, 0) is 44.1 Å². The van der Waals surface area contributed by atoms with Crippen LogP contribution in [0.2, 0.25) is 25.7 Å². The maximum Gasteiger partial charge on any atom is 0.145 e. The Kier molecular flexibility index (Phi) is 6.28. The largest absolute Gasteiger partial charge is 0.361 e. The minimum Gasteiger partial charge on any atom is -0.361 e. The highest BCUT2D eigenvalue weighted by molar-refractivity contribution is 6.76. The van der Waals surface area contributed by atoms with Crippen molar-refractivity contribution >= 4 is 19.1 Å². The van der Waals surface area contributed by atoms with Crippen LogP contribution < -0.4 is 5.32 Å². The van der Waals surface area contributed by atoms with Gasteiger partial charge in [-0.1, -0.05) is 19.6 Å². The van der Waals surface area contributed by atoms with Gasteiger partial charge < -0.3 is 19.2 Å². The first-order chi connectivity index (χ1) is 14.9. The number of rotatable bonds is 8. The molecule has 0 unspecified atom stereocenters. The Morgan fingerprint density at radius 2 is 2.00 bits per heavy atom. The van der Waals surface area contributed by atoms with Crippen molar-refractivity contribution in [3.05, 3.63) is 37.1 Å². The summed E-state index contributed by atoms with van der Waals surface area (Å²) in [5.41, 5.74) is 2.73. The van der Waals surface area contributed by atoms with E-state index >= 15 is 0 Å². The summed E-state index contributed by atoms with van der Waals surface area (Å²) < 4.78 is 10.2. The van der Waals surface area contributed by atoms with Crippen molar-refractivity contribution in [2.24, 2.45) is 0 Å². The van der Waals surface area contributed by atoms with Crippen LogP contribution in [0.1, 0.15) is 19.3 Å². The number of hydrogen-bond donors (Lipinski definition) is 1. The van der Waals surface area contributed by atoms with E-state index in [9.17, 15) is 5.26 Å². The molecule has 0 amide bonds. The van der Waals surface area contributed by atoms with E-state index in [0.29, 0.717) is 13.2 Å². The zero-order chi connectivity index (χ0) is 21.9. The van der Waals surface area contributed by atoms with E-state index in [1.54, 1.807) is 6.33 Å². The summed E-state index contributed by atoms with van der Waals surface area (Å²) in [6.07, 6.45) is 10.3. The molecule has 4 heterocycles. The van der Waals surface area contributed by atoms with E-state index in [-0.39, 0.29) is 5.54 Å². The average molecular weight is 437 g/mol. The average Bonchev–Trinajstić information content (AvgIpc) is 3.39. The molecule has 7 nitrogen and oxygen atoms in total. The van der Waals surface area contributed by atoms with Crippen molar-refractivity contribution in [1.29, 1.82) is 5.26 Å². The molecule has 1 N–H and O–H groups in total. The Morgan fingerprint density at radius 1 is 1.19 bits per heavy atom. The number of nitriles is 1. The zero-order valence-electron chi connectivity index (χ0n) is 18.8. The van der Waals surface area contributed by atoms with Gasteiger partial charge in [0, 0.05) is 44.2 Å². The standard InChI is InChI=1S/C23H32N6OSi/c1-31(2,3)15-14-30-18-28-12-5-20-21(26-17-27-22(20)28)19-4-13-29(16-19)23(6-9-24)7-10-25-11-8-23/h4-5,12-13,16-17,25H,6-8,10-11,14-15,18H2,1-3H3. The van der Waals surface area contributed by atoms with Crippen LogP contribution in [0.3, 0.4) is 0 Å². The number of fused-ring (bicyclic) bond motifs is 1. The predicted octanol–water partition coefficient (Wildman–Crippen LogP) is 4.20. The number of nitrogens with one attached hydrogen (secondary N) is 1. The SMILES string of the molecule is C[Si](C)(C)CCOCn1ccc2c(-c3ccn(C4(CC#N)CCNCC4)c3)ncnc21. The molecule has 0 radical (unpaired) electrons. The third-order valence-electron chi connectivity index (χ3n) is 6.24. The van der Waals surface area contributed by atoms with Crippen molar-refractivity contribution in [3.63, 3.8) is 0 Å². The first-order valence-corrected chi connectivity index (χ1v) is 14.8. The van der Waals surface area contributed by atoms with E-state index in [1.807, 2.05) is 10.8 Å². The molecule has 0 spiro atoms. The lowest BCUT2D eigenvalue weighted by Gasteiger charge is -2.37. The molecule has 1 aliphatic rings. The molecule has 3 aromatic rings. The lowest BCUT2D eigenvalue weighted by Crippen LogP contribution is -2.43. The fraction of sp³-hybridized carbons (Fsp3) is 0.522. The summed E-state index contributed by atoms with van der Waals surface area (Å²) in [5.74, 6) is 0. The minimum atomic E-state index is -1.10. The highest BCUT2D eigenvalue weighted by Gasteiger charge is 2.33. The summed E-state index contributed by atoms with van der Waals surface area (Å²) in [7, 11) is -1.10. The van der Waals surface area contributed by atoms with Gasteiger partial charge in [0.2, 0.25) is 0 Å². The molecule has 1 fully saturated rings.